The zero-order valence-electron chi connectivity index (χ0n) is 5.57. The van der Waals surface area contributed by atoms with Crippen LogP contribution in [-0.4, -0.2) is 9.97 Å². The van der Waals surface area contributed by atoms with Crippen LogP contribution in [0.1, 0.15) is 0 Å². The van der Waals surface area contributed by atoms with Crippen molar-refractivity contribution in [1.82, 2.24) is 19.9 Å². The van der Waals surface area contributed by atoms with E-state index in [4.69, 9.17) is 0 Å². The SMILES string of the molecule is [Ni+2].c1c[n-]cn1.c1c[n-]cn1. The number of imidazole rings is 2. The number of hydrogen-bond acceptors (Lipinski definition) is 2. The Morgan fingerprint density at radius 1 is 0.818 bits per heavy atom. The van der Waals surface area contributed by atoms with E-state index in [1.54, 1.807) is 24.8 Å². The Morgan fingerprint density at radius 3 is 1.36 bits per heavy atom. The van der Waals surface area contributed by atoms with Gasteiger partial charge in [-0.25, -0.2) is 0 Å². The molecule has 0 amide bonds. The Morgan fingerprint density at radius 2 is 1.27 bits per heavy atom. The van der Waals surface area contributed by atoms with E-state index in [9.17, 15) is 0 Å². The maximum absolute atomic E-state index is 3.61. The minimum Gasteiger partial charge on any atom is -0.450 e. The molecule has 0 radical (unpaired) electrons. The maximum atomic E-state index is 3.61. The molecule has 2 rings (SSSR count). The van der Waals surface area contributed by atoms with E-state index in [2.05, 4.69) is 19.9 Å². The molecule has 0 aliphatic carbocycles. The number of aromatic nitrogens is 4. The van der Waals surface area contributed by atoms with Crippen molar-refractivity contribution < 1.29 is 16.5 Å². The molecule has 0 atom stereocenters. The van der Waals surface area contributed by atoms with Crippen molar-refractivity contribution in [2.24, 2.45) is 0 Å². The van der Waals surface area contributed by atoms with Crippen molar-refractivity contribution in [3.8, 4) is 0 Å². The van der Waals surface area contributed by atoms with Gasteiger partial charge in [-0.1, -0.05) is 37.4 Å². The molecule has 0 saturated heterocycles. The largest absolute Gasteiger partial charge is 2.00 e. The molecule has 0 saturated carbocycles. The summed E-state index contributed by atoms with van der Waals surface area (Å²) in [5.41, 5.74) is 0. The molecule has 2 aromatic heterocycles. The second kappa shape index (κ2) is 7.03. The van der Waals surface area contributed by atoms with Crippen LogP contribution in [0.25, 0.3) is 0 Å². The standard InChI is InChI=1S/2C3H3N2.Ni/c2*1-2-5-3-4-1;/h2*1-3H;/q2*-1;+2. The maximum Gasteiger partial charge on any atom is 2.00 e. The summed E-state index contributed by atoms with van der Waals surface area (Å²) in [5, 5.41) is 0. The van der Waals surface area contributed by atoms with Crippen molar-refractivity contribution >= 4 is 0 Å². The predicted octanol–water partition coefficient (Wildman–Crippen LogP) is 0.0751. The molecule has 0 fully saturated rings. The molecule has 2 heterocycles. The minimum atomic E-state index is 0. The Hall–Kier alpha value is -1.09. The first-order valence-corrected chi connectivity index (χ1v) is 2.73. The Bertz CT molecular complexity index is 154. The van der Waals surface area contributed by atoms with E-state index < -0.39 is 0 Å². The van der Waals surface area contributed by atoms with E-state index >= 15 is 0 Å². The van der Waals surface area contributed by atoms with Crippen molar-refractivity contribution in [3.05, 3.63) is 37.4 Å². The Kier molecular flexibility index (Phi) is 6.33. The van der Waals surface area contributed by atoms with Crippen LogP contribution in [-0.2, 0) is 16.5 Å². The molecule has 0 aromatic carbocycles. The summed E-state index contributed by atoms with van der Waals surface area (Å²) in [6, 6.07) is 0. The first-order valence-electron chi connectivity index (χ1n) is 2.73. The molecule has 60 valence electrons. The van der Waals surface area contributed by atoms with Gasteiger partial charge in [0.05, 0.1) is 0 Å². The normalized spacial score (nSPS) is 7.27. The minimum absolute atomic E-state index is 0. The smallest absolute Gasteiger partial charge is 0.450 e. The molecule has 2 aromatic rings. The van der Waals surface area contributed by atoms with E-state index in [1.807, 2.05) is 0 Å². The topological polar surface area (TPSA) is 54.0 Å². The molecule has 0 unspecified atom stereocenters. The summed E-state index contributed by atoms with van der Waals surface area (Å²) < 4.78 is 0. The van der Waals surface area contributed by atoms with Crippen LogP contribution in [0, 0.1) is 0 Å². The second-order valence-corrected chi connectivity index (χ2v) is 1.42. The summed E-state index contributed by atoms with van der Waals surface area (Å²) >= 11 is 0. The molecule has 4 nitrogen and oxygen atoms in total. The van der Waals surface area contributed by atoms with E-state index in [-0.39, 0.29) is 16.5 Å². The zero-order chi connectivity index (χ0) is 7.07. The van der Waals surface area contributed by atoms with Crippen LogP contribution in [0.4, 0.5) is 0 Å². The third-order valence-electron chi connectivity index (χ3n) is 0.744. The fourth-order valence-electron chi connectivity index (χ4n) is 0.385. The number of hydrogen-bond donors (Lipinski definition) is 0. The van der Waals surface area contributed by atoms with Crippen molar-refractivity contribution in [1.29, 1.82) is 0 Å². The average Bonchev–Trinajstić information content (AvgIpc) is 2.67. The number of rotatable bonds is 0. The van der Waals surface area contributed by atoms with Gasteiger partial charge in [-0.05, 0) is 0 Å². The molecule has 0 spiro atoms. The van der Waals surface area contributed by atoms with Gasteiger partial charge < -0.3 is 19.9 Å². The first-order chi connectivity index (χ1) is 5.00. The Labute approximate surface area is 74.4 Å². The van der Waals surface area contributed by atoms with Gasteiger partial charge in [0.2, 0.25) is 0 Å². The summed E-state index contributed by atoms with van der Waals surface area (Å²) in [7, 11) is 0. The quantitative estimate of drug-likeness (QED) is 0.555. The monoisotopic (exact) mass is 192 g/mol. The fraction of sp³-hybridized carbons (Fsp3) is 0. The second-order valence-electron chi connectivity index (χ2n) is 1.42. The van der Waals surface area contributed by atoms with Crippen LogP contribution in [0.3, 0.4) is 0 Å². The molecule has 0 N–H and O–H groups in total. The molecule has 0 aliphatic rings. The van der Waals surface area contributed by atoms with Gasteiger partial charge in [-0.15, -0.1) is 0 Å². The number of nitrogens with zero attached hydrogens (tertiary/aromatic N) is 4. The van der Waals surface area contributed by atoms with Crippen molar-refractivity contribution in [2.75, 3.05) is 0 Å². The van der Waals surface area contributed by atoms with Crippen LogP contribution >= 0.6 is 0 Å². The van der Waals surface area contributed by atoms with Gasteiger partial charge in [-0.3, -0.25) is 0 Å². The average molecular weight is 193 g/mol. The van der Waals surface area contributed by atoms with E-state index in [0.29, 0.717) is 0 Å². The fourth-order valence-corrected chi connectivity index (χ4v) is 0.385. The third kappa shape index (κ3) is 5.36. The van der Waals surface area contributed by atoms with Gasteiger partial charge in [-0.2, -0.15) is 0 Å². The van der Waals surface area contributed by atoms with Gasteiger partial charge in [0.1, 0.15) is 0 Å². The van der Waals surface area contributed by atoms with Gasteiger partial charge >= 0.3 is 16.5 Å². The van der Waals surface area contributed by atoms with Crippen LogP contribution < -0.4 is 9.97 Å². The molecule has 0 aliphatic heterocycles. The zero-order valence-corrected chi connectivity index (χ0v) is 6.56. The summed E-state index contributed by atoms with van der Waals surface area (Å²) in [4.78, 5) is 14.4. The van der Waals surface area contributed by atoms with Crippen molar-refractivity contribution in [2.45, 2.75) is 0 Å². The van der Waals surface area contributed by atoms with Crippen molar-refractivity contribution in [3.63, 3.8) is 0 Å². The van der Waals surface area contributed by atoms with Gasteiger partial charge in [0.25, 0.3) is 0 Å². The molecule has 11 heavy (non-hydrogen) atoms. The van der Waals surface area contributed by atoms with Crippen LogP contribution in [0.5, 0.6) is 0 Å². The van der Waals surface area contributed by atoms with Gasteiger partial charge in [0, 0.05) is 0 Å². The molecule has 5 heteroatoms. The summed E-state index contributed by atoms with van der Waals surface area (Å²) in [6.07, 6.45) is 9.56. The van der Waals surface area contributed by atoms with Crippen LogP contribution in [0.2, 0.25) is 0 Å². The predicted molar refractivity (Wildman–Crippen MR) is 35.1 cm³/mol. The first kappa shape index (κ1) is 9.91. The van der Waals surface area contributed by atoms with E-state index in [1.165, 1.54) is 12.7 Å². The summed E-state index contributed by atoms with van der Waals surface area (Å²) in [6.45, 7) is 0. The van der Waals surface area contributed by atoms with Crippen LogP contribution in [0.15, 0.2) is 37.4 Å². The Balaban J connectivity index is 0.000000167. The molecular formula is C6H6N4Ni. The van der Waals surface area contributed by atoms with Gasteiger partial charge in [0.15, 0.2) is 0 Å². The van der Waals surface area contributed by atoms with E-state index in [0.717, 1.165) is 0 Å². The molecular weight excluding hydrogens is 187 g/mol. The summed E-state index contributed by atoms with van der Waals surface area (Å²) in [5.74, 6) is 0. The molecule has 0 bridgehead atoms. The third-order valence-corrected chi connectivity index (χ3v) is 0.744.